The summed E-state index contributed by atoms with van der Waals surface area (Å²) in [5.41, 5.74) is 0.0314. The number of carbonyl (C=O) groups excluding carboxylic acids is 5. The summed E-state index contributed by atoms with van der Waals surface area (Å²) in [6.07, 6.45) is 5.86. The zero-order chi connectivity index (χ0) is 42.3. The predicted molar refractivity (Wildman–Crippen MR) is 218 cm³/mol. The zero-order valence-corrected chi connectivity index (χ0v) is 35.8. The second-order valence-corrected chi connectivity index (χ2v) is 18.8. The molecule has 3 heterocycles. The van der Waals surface area contributed by atoms with Crippen molar-refractivity contribution in [3.8, 4) is 0 Å². The van der Waals surface area contributed by atoms with Gasteiger partial charge in [-0.25, -0.2) is 4.79 Å². The number of piperidine rings is 1. The highest BCUT2D eigenvalue weighted by Gasteiger charge is 2.45. The smallest absolute Gasteiger partial charge is 0.408 e. The van der Waals surface area contributed by atoms with Crippen molar-refractivity contribution in [1.82, 2.24) is 20.5 Å². The number of nitrogens with one attached hydrogen (secondary N) is 2. The molecular formula is C41H53Cl3N4O10. The predicted octanol–water partition coefficient (Wildman–Crippen LogP) is 6.58. The quantitative estimate of drug-likeness (QED) is 0.134. The van der Waals surface area contributed by atoms with E-state index in [-0.39, 0.29) is 38.4 Å². The summed E-state index contributed by atoms with van der Waals surface area (Å²) in [4.78, 5) is 72.9. The van der Waals surface area contributed by atoms with Crippen molar-refractivity contribution in [3.63, 3.8) is 0 Å². The summed E-state index contributed by atoms with van der Waals surface area (Å²) < 4.78 is 26.1. The van der Waals surface area contributed by atoms with Crippen LogP contribution in [-0.4, -0.2) is 101 Å². The monoisotopic (exact) mass is 866 g/mol. The van der Waals surface area contributed by atoms with E-state index in [1.54, 1.807) is 39.8 Å². The average molecular weight is 868 g/mol. The van der Waals surface area contributed by atoms with Crippen LogP contribution in [0.1, 0.15) is 90.4 Å². The molecule has 2 aromatic rings. The van der Waals surface area contributed by atoms with E-state index in [0.717, 1.165) is 23.8 Å². The van der Waals surface area contributed by atoms with E-state index in [0.29, 0.717) is 43.4 Å². The maximum Gasteiger partial charge on any atom is 0.408 e. The number of ether oxygens (including phenoxy) is 5. The van der Waals surface area contributed by atoms with Gasteiger partial charge in [0.15, 0.2) is 6.10 Å². The summed E-state index contributed by atoms with van der Waals surface area (Å²) in [7, 11) is 0. The van der Waals surface area contributed by atoms with Crippen LogP contribution < -0.4 is 10.6 Å². The van der Waals surface area contributed by atoms with Gasteiger partial charge in [-0.3, -0.25) is 24.2 Å². The molecule has 17 heteroatoms. The van der Waals surface area contributed by atoms with E-state index in [1.807, 2.05) is 37.3 Å². The van der Waals surface area contributed by atoms with Gasteiger partial charge in [0.2, 0.25) is 9.70 Å². The number of halogens is 3. The molecule has 1 aromatic carbocycles. The molecule has 4 atom stereocenters. The average Bonchev–Trinajstić information content (AvgIpc) is 3.71. The van der Waals surface area contributed by atoms with Crippen LogP contribution in [-0.2, 0) is 42.9 Å². The van der Waals surface area contributed by atoms with Gasteiger partial charge in [-0.2, -0.15) is 0 Å². The highest BCUT2D eigenvalue weighted by molar-refractivity contribution is 6.67. The number of nitrogens with zero attached hydrogens (tertiary/aromatic N) is 2. The van der Waals surface area contributed by atoms with E-state index in [1.165, 1.54) is 4.90 Å². The first kappa shape index (κ1) is 45.4. The maximum atomic E-state index is 14.2. The number of hydrogen-bond donors (Lipinski definition) is 2. The Labute approximate surface area is 353 Å². The van der Waals surface area contributed by atoms with Gasteiger partial charge in [-0.1, -0.05) is 78.0 Å². The fourth-order valence-electron chi connectivity index (χ4n) is 7.27. The molecule has 0 radical (unpaired) electrons. The molecule has 3 aliphatic rings. The van der Waals surface area contributed by atoms with Crippen molar-refractivity contribution >= 4 is 81.6 Å². The lowest BCUT2D eigenvalue weighted by Crippen LogP contribution is -2.54. The van der Waals surface area contributed by atoms with Gasteiger partial charge in [0.1, 0.15) is 30.5 Å². The first-order valence-corrected chi connectivity index (χ1v) is 20.7. The molecule has 2 aliphatic heterocycles. The summed E-state index contributed by atoms with van der Waals surface area (Å²) in [6.45, 7) is 8.74. The number of likely N-dealkylation sites (tertiary alicyclic amines) is 1. The molecule has 2 N–H and O–H groups in total. The Morgan fingerprint density at radius 1 is 0.983 bits per heavy atom. The lowest BCUT2D eigenvalue weighted by atomic mass is 9.87. The Kier molecular flexibility index (Phi) is 15.3. The number of rotatable bonds is 12. The number of benzene rings is 1. The van der Waals surface area contributed by atoms with E-state index in [9.17, 15) is 24.0 Å². The minimum Gasteiger partial charge on any atom is -0.461 e. The standard InChI is InChI=1S/C41H53Cl3N4O10/c1-25(46-38(53)58-39(3,4)5)31-15-14-28-13-12-27(19-32(28)47-31)16-17-40(21-54-24-55-22-40)37(52)57-33(29-9-6-7-10-29)34(49)45-26(2)35(50)48-18-8-11-30(20-48)36(51)56-23-41(42,43)44/h12-17,19,25-26,29-30,33H,6-11,18,20-24H2,1-5H3,(H,45,49)(H,46,53)/b17-16+/t25-,26+,30-,33+/m1/s1. The molecule has 0 bridgehead atoms. The van der Waals surface area contributed by atoms with Crippen LogP contribution in [0.15, 0.2) is 36.4 Å². The zero-order valence-electron chi connectivity index (χ0n) is 33.5. The molecule has 1 saturated carbocycles. The van der Waals surface area contributed by atoms with E-state index in [2.05, 4.69) is 10.6 Å². The fourth-order valence-corrected chi connectivity index (χ4v) is 7.43. The van der Waals surface area contributed by atoms with Crippen molar-refractivity contribution in [2.75, 3.05) is 39.7 Å². The van der Waals surface area contributed by atoms with Crippen molar-refractivity contribution in [2.24, 2.45) is 17.3 Å². The van der Waals surface area contributed by atoms with Gasteiger partial charge in [-0.05, 0) is 78.0 Å². The topological polar surface area (TPSA) is 172 Å². The lowest BCUT2D eigenvalue weighted by Gasteiger charge is -2.35. The highest BCUT2D eigenvalue weighted by atomic mass is 35.6. The molecule has 1 aliphatic carbocycles. The summed E-state index contributed by atoms with van der Waals surface area (Å²) in [6, 6.07) is 8.02. The van der Waals surface area contributed by atoms with Crippen LogP contribution in [0.3, 0.4) is 0 Å². The Hall–Kier alpha value is -3.69. The van der Waals surface area contributed by atoms with Gasteiger partial charge in [0, 0.05) is 24.4 Å². The van der Waals surface area contributed by atoms with Crippen molar-refractivity contribution in [2.45, 2.75) is 101 Å². The minimum atomic E-state index is -1.75. The minimum absolute atomic E-state index is 0.00475. The summed E-state index contributed by atoms with van der Waals surface area (Å²) >= 11 is 17.2. The van der Waals surface area contributed by atoms with Crippen molar-refractivity contribution in [1.29, 1.82) is 0 Å². The molecule has 1 aromatic heterocycles. The number of hydrogen-bond acceptors (Lipinski definition) is 11. The van der Waals surface area contributed by atoms with Crippen LogP contribution in [0, 0.1) is 17.3 Å². The summed E-state index contributed by atoms with van der Waals surface area (Å²) in [5.74, 6) is -3.09. The van der Waals surface area contributed by atoms with Gasteiger partial charge < -0.3 is 39.2 Å². The van der Waals surface area contributed by atoms with Crippen molar-refractivity contribution < 1.29 is 47.7 Å². The molecule has 3 fully saturated rings. The Morgan fingerprint density at radius 2 is 1.67 bits per heavy atom. The Bertz CT molecular complexity index is 1840. The lowest BCUT2D eigenvalue weighted by molar-refractivity contribution is -0.193. The highest BCUT2D eigenvalue weighted by Crippen LogP contribution is 2.34. The molecule has 0 unspecified atom stereocenters. The van der Waals surface area contributed by atoms with Gasteiger partial charge in [0.05, 0.1) is 36.4 Å². The number of amides is 3. The van der Waals surface area contributed by atoms with Gasteiger partial charge >= 0.3 is 18.0 Å². The number of fused-ring (bicyclic) bond motifs is 1. The third-order valence-corrected chi connectivity index (χ3v) is 10.6. The second kappa shape index (κ2) is 19.6. The first-order valence-electron chi connectivity index (χ1n) is 19.6. The first-order chi connectivity index (χ1) is 27.3. The number of carbonyl (C=O) groups is 5. The van der Waals surface area contributed by atoms with E-state index in [4.69, 9.17) is 63.5 Å². The van der Waals surface area contributed by atoms with Gasteiger partial charge in [-0.15, -0.1) is 0 Å². The van der Waals surface area contributed by atoms with E-state index >= 15 is 0 Å². The molecule has 2 saturated heterocycles. The molecule has 14 nitrogen and oxygen atoms in total. The van der Waals surface area contributed by atoms with E-state index < -0.39 is 69.5 Å². The molecule has 0 spiro atoms. The molecule has 3 amide bonds. The number of aromatic nitrogens is 1. The number of pyridine rings is 1. The van der Waals surface area contributed by atoms with Crippen molar-refractivity contribution in [3.05, 3.63) is 47.7 Å². The molecular weight excluding hydrogens is 815 g/mol. The third-order valence-electron chi connectivity index (χ3n) is 10.3. The van der Waals surface area contributed by atoms with Crippen LogP contribution in [0.4, 0.5) is 4.79 Å². The number of esters is 2. The Balaban J connectivity index is 1.27. The third kappa shape index (κ3) is 12.7. The molecule has 318 valence electrons. The molecule has 58 heavy (non-hydrogen) atoms. The number of alkyl halides is 3. The molecule has 5 rings (SSSR count). The fraction of sp³-hybridized carbons (Fsp3) is 0.610. The van der Waals surface area contributed by atoms with Gasteiger partial charge in [0.25, 0.3) is 5.91 Å². The van der Waals surface area contributed by atoms with Crippen LogP contribution in [0.25, 0.3) is 17.0 Å². The normalized spacial score (nSPS) is 20.6. The van der Waals surface area contributed by atoms with Crippen LogP contribution in [0.5, 0.6) is 0 Å². The maximum absolute atomic E-state index is 14.2. The Morgan fingerprint density at radius 3 is 2.34 bits per heavy atom. The second-order valence-electron chi connectivity index (χ2n) is 16.3. The summed E-state index contributed by atoms with van der Waals surface area (Å²) in [5, 5.41) is 6.47. The van der Waals surface area contributed by atoms with Crippen LogP contribution in [0.2, 0.25) is 0 Å². The number of alkyl carbamates (subject to hydrolysis) is 1. The SMILES string of the molecule is C[C@H](NC(=O)[C@@H](OC(=O)C1(/C=C/c2ccc3ccc([C@@H](C)NC(=O)OC(C)(C)C)nc3c2)COCOC1)C1CCCC1)C(=O)N1CCC[C@@H](C(=O)OCC(Cl)(Cl)Cl)C1. The van der Waals surface area contributed by atoms with Crippen LogP contribution >= 0.6 is 34.8 Å². The largest absolute Gasteiger partial charge is 0.461 e.